The zero-order valence-electron chi connectivity index (χ0n) is 25.6. The van der Waals surface area contributed by atoms with Gasteiger partial charge in [0.1, 0.15) is 10.8 Å². The lowest BCUT2D eigenvalue weighted by Crippen LogP contribution is -2.40. The lowest BCUT2D eigenvalue weighted by atomic mass is 9.96. The molecule has 0 aliphatic carbocycles. The average Bonchev–Trinajstić information content (AvgIpc) is 3.48. The van der Waals surface area contributed by atoms with Gasteiger partial charge in [0.15, 0.2) is 0 Å². The van der Waals surface area contributed by atoms with Crippen molar-refractivity contribution < 1.29 is 22.7 Å². The summed E-state index contributed by atoms with van der Waals surface area (Å²) in [6.07, 6.45) is -2.09. The Kier molecular flexibility index (Phi) is 9.74. The van der Waals surface area contributed by atoms with Crippen molar-refractivity contribution >= 4 is 28.8 Å². The van der Waals surface area contributed by atoms with Gasteiger partial charge in [0.25, 0.3) is 11.5 Å². The predicted octanol–water partition coefficient (Wildman–Crippen LogP) is 8.77. The molecule has 0 radical (unpaired) electrons. The summed E-state index contributed by atoms with van der Waals surface area (Å²) in [5.41, 5.74) is 1.30. The molecular formula is C34H35ClF3N3O3S. The number of likely N-dealkylation sites (tertiary alicyclic amines) is 1. The van der Waals surface area contributed by atoms with Crippen LogP contribution in [0.1, 0.15) is 62.2 Å². The molecule has 0 saturated carbocycles. The number of thiazole rings is 1. The van der Waals surface area contributed by atoms with E-state index < -0.39 is 17.3 Å². The first-order valence-corrected chi connectivity index (χ1v) is 16.3. The average molecular weight is 658 g/mol. The third kappa shape index (κ3) is 7.12. The van der Waals surface area contributed by atoms with Crippen LogP contribution in [-0.2, 0) is 12.6 Å². The molecule has 1 saturated heterocycles. The van der Waals surface area contributed by atoms with Gasteiger partial charge in [-0.15, -0.1) is 11.3 Å². The summed E-state index contributed by atoms with van der Waals surface area (Å²) in [5.74, 6) is 0.822. The molecule has 1 atom stereocenters. The number of halogens is 4. The molecule has 0 bridgehead atoms. The van der Waals surface area contributed by atoms with Gasteiger partial charge in [-0.1, -0.05) is 44.5 Å². The number of carbonyl (C=O) groups is 1. The number of ether oxygens (including phenoxy) is 1. The summed E-state index contributed by atoms with van der Waals surface area (Å²) in [4.78, 5) is 35.3. The van der Waals surface area contributed by atoms with Crippen LogP contribution in [0, 0.1) is 11.8 Å². The van der Waals surface area contributed by atoms with E-state index in [1.54, 1.807) is 29.6 Å². The van der Waals surface area contributed by atoms with Crippen LogP contribution >= 0.6 is 22.9 Å². The molecule has 1 amide bonds. The van der Waals surface area contributed by atoms with Crippen LogP contribution in [0.25, 0.3) is 27.5 Å². The highest BCUT2D eigenvalue weighted by Crippen LogP contribution is 2.35. The standard InChI is InChI=1S/C34H35ClF3N3O3S/c1-5-44-24-12-13-27(35)30(16-24)41-29(15-20(2)3)25(32(42)40-14-6-7-21(4)18-40)17-26(33(41)43)31-39-28(19-45-31)22-8-10-23(11-9-22)34(36,37)38/h8-13,16-17,19-21H,5-7,14-15,18H2,1-4H3/t21-/m0/s1. The zero-order chi connectivity index (χ0) is 32.5. The van der Waals surface area contributed by atoms with Gasteiger partial charge < -0.3 is 9.64 Å². The Balaban J connectivity index is 1.72. The maximum Gasteiger partial charge on any atom is 0.416 e. The number of hydrogen-bond donors (Lipinski definition) is 0. The van der Waals surface area contributed by atoms with Gasteiger partial charge in [0, 0.05) is 35.8 Å². The largest absolute Gasteiger partial charge is 0.494 e. The Labute approximate surface area is 269 Å². The summed E-state index contributed by atoms with van der Waals surface area (Å²) in [6.45, 7) is 9.68. The molecule has 4 aromatic rings. The van der Waals surface area contributed by atoms with E-state index >= 15 is 0 Å². The molecule has 1 aliphatic heterocycles. The van der Waals surface area contributed by atoms with Crippen LogP contribution < -0.4 is 10.3 Å². The minimum absolute atomic E-state index is 0.105. The topological polar surface area (TPSA) is 64.4 Å². The number of carbonyl (C=O) groups excluding carboxylic acids is 1. The van der Waals surface area contributed by atoms with Crippen molar-refractivity contribution in [3.05, 3.63) is 86.1 Å². The second-order valence-corrected chi connectivity index (χ2v) is 13.1. The van der Waals surface area contributed by atoms with Gasteiger partial charge in [-0.05, 0) is 68.4 Å². The predicted molar refractivity (Wildman–Crippen MR) is 173 cm³/mol. The molecule has 3 heterocycles. The number of alkyl halides is 3. The van der Waals surface area contributed by atoms with E-state index in [0.29, 0.717) is 76.0 Å². The van der Waals surface area contributed by atoms with Crippen molar-refractivity contribution in [3.63, 3.8) is 0 Å². The van der Waals surface area contributed by atoms with Crippen molar-refractivity contribution in [3.8, 4) is 33.3 Å². The Morgan fingerprint density at radius 1 is 1.16 bits per heavy atom. The molecular weight excluding hydrogens is 623 g/mol. The Morgan fingerprint density at radius 3 is 2.53 bits per heavy atom. The molecule has 2 aromatic carbocycles. The van der Waals surface area contributed by atoms with Crippen LogP contribution in [0.3, 0.4) is 0 Å². The summed E-state index contributed by atoms with van der Waals surface area (Å²) >= 11 is 7.92. The van der Waals surface area contributed by atoms with E-state index in [0.717, 1.165) is 25.0 Å². The molecule has 1 fully saturated rings. The van der Waals surface area contributed by atoms with Gasteiger partial charge in [-0.3, -0.25) is 14.2 Å². The van der Waals surface area contributed by atoms with Crippen LogP contribution in [0.2, 0.25) is 5.02 Å². The normalized spacial score (nSPS) is 15.5. The third-order valence-corrected chi connectivity index (χ3v) is 8.99. The fraction of sp³-hybridized carbons (Fsp3) is 0.382. The number of aromatic nitrogens is 2. The maximum absolute atomic E-state index is 14.5. The number of pyridine rings is 1. The maximum atomic E-state index is 14.5. The van der Waals surface area contributed by atoms with E-state index in [9.17, 15) is 22.8 Å². The Hall–Kier alpha value is -3.63. The fourth-order valence-corrected chi connectivity index (χ4v) is 6.70. The molecule has 6 nitrogen and oxygen atoms in total. The van der Waals surface area contributed by atoms with Crippen LogP contribution in [0.4, 0.5) is 13.2 Å². The van der Waals surface area contributed by atoms with Gasteiger partial charge >= 0.3 is 6.18 Å². The van der Waals surface area contributed by atoms with Crippen molar-refractivity contribution in [1.82, 2.24) is 14.5 Å². The Bertz CT molecular complexity index is 1750. The van der Waals surface area contributed by atoms with Crippen LogP contribution in [-0.4, -0.2) is 40.1 Å². The number of hydrogen-bond acceptors (Lipinski definition) is 5. The number of nitrogens with zero attached hydrogens (tertiary/aromatic N) is 3. The van der Waals surface area contributed by atoms with E-state index in [-0.39, 0.29) is 17.4 Å². The summed E-state index contributed by atoms with van der Waals surface area (Å²) in [6, 6.07) is 11.5. The number of amides is 1. The number of piperidine rings is 1. The highest BCUT2D eigenvalue weighted by Gasteiger charge is 2.31. The quantitative estimate of drug-likeness (QED) is 0.190. The van der Waals surface area contributed by atoms with Crippen LogP contribution in [0.15, 0.2) is 58.7 Å². The van der Waals surface area contributed by atoms with Gasteiger partial charge in [0.05, 0.1) is 39.7 Å². The second kappa shape index (κ2) is 13.4. The number of benzene rings is 2. The van der Waals surface area contributed by atoms with E-state index in [4.69, 9.17) is 16.3 Å². The Morgan fingerprint density at radius 2 is 1.89 bits per heavy atom. The van der Waals surface area contributed by atoms with Crippen molar-refractivity contribution in [2.45, 2.75) is 53.1 Å². The number of rotatable bonds is 8. The SMILES string of the molecule is CCOc1ccc(Cl)c(-n2c(CC(C)C)c(C(=O)N3CCC[C@H](C)C3)cc(-c3nc(-c4ccc(C(F)(F)F)cc4)cs3)c2=O)c1. The first-order chi connectivity index (χ1) is 21.4. The van der Waals surface area contributed by atoms with Crippen molar-refractivity contribution in [2.75, 3.05) is 19.7 Å². The lowest BCUT2D eigenvalue weighted by Gasteiger charge is -2.32. The highest BCUT2D eigenvalue weighted by atomic mass is 35.5. The summed E-state index contributed by atoms with van der Waals surface area (Å²) in [7, 11) is 0. The fourth-order valence-electron chi connectivity index (χ4n) is 5.66. The van der Waals surface area contributed by atoms with Gasteiger partial charge in [-0.25, -0.2) is 4.98 Å². The highest BCUT2D eigenvalue weighted by molar-refractivity contribution is 7.13. The molecule has 45 heavy (non-hydrogen) atoms. The minimum atomic E-state index is -4.45. The van der Waals surface area contributed by atoms with Crippen molar-refractivity contribution in [2.24, 2.45) is 11.8 Å². The van der Waals surface area contributed by atoms with Crippen LogP contribution in [0.5, 0.6) is 5.75 Å². The molecule has 1 aliphatic rings. The summed E-state index contributed by atoms with van der Waals surface area (Å²) < 4.78 is 46.7. The molecule has 5 rings (SSSR count). The van der Waals surface area contributed by atoms with E-state index in [1.807, 2.05) is 25.7 Å². The van der Waals surface area contributed by atoms with Gasteiger partial charge in [0.2, 0.25) is 0 Å². The van der Waals surface area contributed by atoms with Gasteiger partial charge in [-0.2, -0.15) is 13.2 Å². The molecule has 0 unspecified atom stereocenters. The lowest BCUT2D eigenvalue weighted by molar-refractivity contribution is -0.137. The monoisotopic (exact) mass is 657 g/mol. The van der Waals surface area contributed by atoms with E-state index in [2.05, 4.69) is 11.9 Å². The smallest absolute Gasteiger partial charge is 0.416 e. The minimum Gasteiger partial charge on any atom is -0.494 e. The molecule has 0 N–H and O–H groups in total. The molecule has 238 valence electrons. The van der Waals surface area contributed by atoms with Crippen molar-refractivity contribution in [1.29, 1.82) is 0 Å². The molecule has 0 spiro atoms. The first kappa shape index (κ1) is 32.8. The molecule has 11 heteroatoms. The third-order valence-electron chi connectivity index (χ3n) is 7.79. The summed E-state index contributed by atoms with van der Waals surface area (Å²) in [5, 5.41) is 2.36. The molecule has 2 aromatic heterocycles. The van der Waals surface area contributed by atoms with E-state index in [1.165, 1.54) is 28.0 Å². The zero-order valence-corrected chi connectivity index (χ0v) is 27.2. The first-order valence-electron chi connectivity index (χ1n) is 15.0. The second-order valence-electron chi connectivity index (χ2n) is 11.8.